The second-order valence-electron chi connectivity index (χ2n) is 31.4. The van der Waals surface area contributed by atoms with E-state index >= 15 is 0 Å². The first-order chi connectivity index (χ1) is 41.9. The molecule has 0 saturated heterocycles. The quantitative estimate of drug-likeness (QED) is 0.0379. The molecule has 0 heterocycles. The standard InChI is InChI=1S/C83H118N2Si4/c1-25-86(24,26-2)68-53-66(54-69(58-68)87(27-3,28-4)29-5)84(64-46-48-76(82(18,19)20)77(57-64)83(21,22)23)79-73-44-40-39-43-72(73)78(74-47-45-61(49-75(74)79)60-41-37-36-38-42-60)85(65-51-62(80(12,13)14)50-63(52-65)81(15,16)17)67-55-70(88(30-6,31-7)32-8)59-71(56-67)89(33-9,34-10)35-11/h36-59H,25-35H2,1-24H3. The summed E-state index contributed by atoms with van der Waals surface area (Å²) in [5.74, 6) is 0. The fourth-order valence-electron chi connectivity index (χ4n) is 15.3. The zero-order valence-electron chi connectivity index (χ0n) is 60.5. The maximum atomic E-state index is 2.82. The summed E-state index contributed by atoms with van der Waals surface area (Å²) < 4.78 is 0. The van der Waals surface area contributed by atoms with Gasteiger partial charge in [0.1, 0.15) is 0 Å². The highest BCUT2D eigenvalue weighted by atomic mass is 28.3. The van der Waals surface area contributed by atoms with Gasteiger partial charge in [-0.25, -0.2) is 0 Å². The Bertz CT molecular complexity index is 3660. The van der Waals surface area contributed by atoms with Crippen LogP contribution in [0.3, 0.4) is 0 Å². The second-order valence-corrected chi connectivity index (χ2v) is 52.3. The maximum absolute atomic E-state index is 2.82. The van der Waals surface area contributed by atoms with E-state index in [-0.39, 0.29) is 21.7 Å². The average Bonchev–Trinajstić information content (AvgIpc) is 1.05. The van der Waals surface area contributed by atoms with E-state index in [9.17, 15) is 0 Å². The normalized spacial score (nSPS) is 13.2. The van der Waals surface area contributed by atoms with Crippen molar-refractivity contribution in [3.05, 3.63) is 168 Å². The monoisotopic (exact) mass is 1250 g/mol. The van der Waals surface area contributed by atoms with Crippen molar-refractivity contribution in [2.45, 2.75) is 254 Å². The molecule has 0 aliphatic rings. The minimum atomic E-state index is -1.94. The summed E-state index contributed by atoms with van der Waals surface area (Å²) in [7, 11) is -7.76. The van der Waals surface area contributed by atoms with E-state index < -0.39 is 32.3 Å². The second kappa shape index (κ2) is 26.8. The maximum Gasteiger partial charge on any atom is 0.0860 e. The molecule has 0 fully saturated rings. The minimum Gasteiger partial charge on any atom is -0.309 e. The van der Waals surface area contributed by atoms with Crippen LogP contribution in [0.15, 0.2) is 146 Å². The van der Waals surface area contributed by atoms with Crippen molar-refractivity contribution in [1.82, 2.24) is 0 Å². The van der Waals surface area contributed by atoms with Gasteiger partial charge >= 0.3 is 0 Å². The molecule has 0 amide bonds. The topological polar surface area (TPSA) is 6.48 Å². The third kappa shape index (κ3) is 13.4. The summed E-state index contributed by atoms with van der Waals surface area (Å²) in [6.07, 6.45) is 0. The predicted octanol–water partition coefficient (Wildman–Crippen LogP) is 24.3. The van der Waals surface area contributed by atoms with Crippen molar-refractivity contribution in [3.63, 3.8) is 0 Å². The number of nitrogens with zero attached hydrogens (tertiary/aromatic N) is 2. The van der Waals surface area contributed by atoms with Crippen LogP contribution in [0.2, 0.25) is 73.0 Å². The molecule has 89 heavy (non-hydrogen) atoms. The number of hydrogen-bond acceptors (Lipinski definition) is 2. The zero-order chi connectivity index (χ0) is 65.5. The van der Waals surface area contributed by atoms with Gasteiger partial charge in [0.2, 0.25) is 0 Å². The van der Waals surface area contributed by atoms with Crippen LogP contribution in [-0.2, 0) is 21.7 Å². The van der Waals surface area contributed by atoms with Gasteiger partial charge in [-0.2, -0.15) is 0 Å². The number of rotatable bonds is 22. The van der Waals surface area contributed by atoms with Crippen molar-refractivity contribution in [1.29, 1.82) is 0 Å². The van der Waals surface area contributed by atoms with Crippen molar-refractivity contribution in [2.24, 2.45) is 0 Å². The molecule has 0 atom stereocenters. The Morgan fingerprint density at radius 1 is 0.281 bits per heavy atom. The van der Waals surface area contributed by atoms with Gasteiger partial charge in [0.05, 0.1) is 43.7 Å². The van der Waals surface area contributed by atoms with Crippen molar-refractivity contribution < 1.29 is 0 Å². The molecular weight excluding hydrogens is 1140 g/mol. The molecule has 0 aliphatic carbocycles. The van der Waals surface area contributed by atoms with E-state index in [0.717, 1.165) is 0 Å². The third-order valence-corrected chi connectivity index (χ3v) is 44.4. The molecule has 2 nitrogen and oxygen atoms in total. The molecular formula is C83H118N2Si4. The summed E-state index contributed by atoms with van der Waals surface area (Å²) in [6, 6.07) is 73.7. The highest BCUT2D eigenvalue weighted by molar-refractivity contribution is 6.95. The lowest BCUT2D eigenvalue weighted by Crippen LogP contribution is -2.52. The first-order valence-corrected chi connectivity index (χ1v) is 45.9. The van der Waals surface area contributed by atoms with Crippen LogP contribution in [-0.4, -0.2) is 32.3 Å². The fourth-order valence-corrected chi connectivity index (χ4v) is 28.8. The van der Waals surface area contributed by atoms with E-state index in [4.69, 9.17) is 0 Å². The molecule has 0 aliphatic heterocycles. The molecule has 0 radical (unpaired) electrons. The van der Waals surface area contributed by atoms with Gasteiger partial charge in [-0.1, -0.05) is 344 Å². The van der Waals surface area contributed by atoms with E-state index in [1.54, 1.807) is 20.7 Å². The lowest BCUT2D eigenvalue weighted by atomic mass is 9.75. The SMILES string of the molecule is CC[Si](C)(CC)c1cc(N(c2ccc(C(C)(C)C)c(C(C)(C)C)c2)c2c3ccccc3c(N(c3cc(C(C)(C)C)cc(C(C)(C)C)c3)c3cc([Si](CC)(CC)CC)cc([Si](CC)(CC)CC)c3)c3ccc(-c4ccccc4)cc23)cc([Si](CC)(CC)CC)c1. The zero-order valence-corrected chi connectivity index (χ0v) is 64.5. The smallest absolute Gasteiger partial charge is 0.0860 e. The Morgan fingerprint density at radius 3 is 1.06 bits per heavy atom. The molecule has 6 heteroatoms. The Kier molecular flexibility index (Phi) is 20.9. The van der Waals surface area contributed by atoms with Gasteiger partial charge in [0.25, 0.3) is 0 Å². The van der Waals surface area contributed by atoms with Crippen LogP contribution < -0.4 is 30.5 Å². The lowest BCUT2D eigenvalue weighted by molar-refractivity contribution is 0.530. The van der Waals surface area contributed by atoms with Crippen molar-refractivity contribution >= 4 is 109 Å². The van der Waals surface area contributed by atoms with Crippen LogP contribution in [0.1, 0.15) is 181 Å². The van der Waals surface area contributed by atoms with Crippen LogP contribution in [0, 0.1) is 0 Å². The molecule has 8 aromatic rings. The van der Waals surface area contributed by atoms with Crippen LogP contribution >= 0.6 is 0 Å². The average molecular weight is 1260 g/mol. The predicted molar refractivity (Wildman–Crippen MR) is 414 cm³/mol. The van der Waals surface area contributed by atoms with Gasteiger partial charge in [-0.15, -0.1) is 0 Å². The van der Waals surface area contributed by atoms with Gasteiger partial charge in [0.15, 0.2) is 0 Å². The Morgan fingerprint density at radius 2 is 0.652 bits per heavy atom. The highest BCUT2D eigenvalue weighted by Crippen LogP contribution is 2.53. The van der Waals surface area contributed by atoms with Crippen LogP contribution in [0.5, 0.6) is 0 Å². The first-order valence-electron chi connectivity index (χ1n) is 35.2. The van der Waals surface area contributed by atoms with Crippen molar-refractivity contribution in [2.75, 3.05) is 9.80 Å². The third-order valence-electron chi connectivity index (χ3n) is 22.8. The summed E-state index contributed by atoms with van der Waals surface area (Å²) >= 11 is 0. The number of hydrogen-bond donors (Lipinski definition) is 0. The Labute approximate surface area is 547 Å². The van der Waals surface area contributed by atoms with E-state index in [1.165, 1.54) is 156 Å². The number of benzene rings is 8. The summed E-state index contributed by atoms with van der Waals surface area (Å²) in [5.41, 5.74) is 15.3. The summed E-state index contributed by atoms with van der Waals surface area (Å²) in [4.78, 5) is 5.61. The molecule has 8 aromatic carbocycles. The first kappa shape index (κ1) is 69.6. The molecule has 0 aromatic heterocycles. The van der Waals surface area contributed by atoms with Crippen molar-refractivity contribution in [3.8, 4) is 11.1 Å². The Balaban J connectivity index is 1.72. The summed E-state index contributed by atoms with van der Waals surface area (Å²) in [6.45, 7) is 59.1. The number of anilines is 6. The Hall–Kier alpha value is -5.25. The fraction of sp³-hybridized carbons (Fsp3) is 0.470. The van der Waals surface area contributed by atoms with Gasteiger partial charge in [0, 0.05) is 44.3 Å². The highest BCUT2D eigenvalue weighted by Gasteiger charge is 2.39. The van der Waals surface area contributed by atoms with Gasteiger partial charge in [-0.05, 0) is 110 Å². The molecule has 476 valence electrons. The molecule has 0 saturated carbocycles. The van der Waals surface area contributed by atoms with Gasteiger partial charge < -0.3 is 9.80 Å². The molecule has 8 rings (SSSR count). The molecule has 0 N–H and O–H groups in total. The minimum absolute atomic E-state index is 0.0478. The largest absolute Gasteiger partial charge is 0.309 e. The van der Waals surface area contributed by atoms with Gasteiger partial charge in [-0.3, -0.25) is 0 Å². The van der Waals surface area contributed by atoms with E-state index in [1.807, 2.05) is 0 Å². The molecule has 0 bridgehead atoms. The van der Waals surface area contributed by atoms with E-state index in [2.05, 4.69) is 321 Å². The van der Waals surface area contributed by atoms with Crippen LogP contribution in [0.4, 0.5) is 34.1 Å². The lowest BCUT2D eigenvalue weighted by Gasteiger charge is -2.38. The molecule has 0 spiro atoms. The molecule has 0 unspecified atom stereocenters. The van der Waals surface area contributed by atoms with Crippen LogP contribution in [0.25, 0.3) is 32.7 Å². The number of fused-ring (bicyclic) bond motifs is 2. The van der Waals surface area contributed by atoms with E-state index in [0.29, 0.717) is 0 Å². The summed E-state index contributed by atoms with van der Waals surface area (Å²) in [5, 5.41) is 11.6.